The van der Waals surface area contributed by atoms with Crippen molar-refractivity contribution in [2.45, 2.75) is 26.3 Å². The lowest BCUT2D eigenvalue weighted by Crippen LogP contribution is -2.12. The fourth-order valence-electron chi connectivity index (χ4n) is 1.76. The maximum absolute atomic E-state index is 12.1. The summed E-state index contributed by atoms with van der Waals surface area (Å²) >= 11 is 0. The van der Waals surface area contributed by atoms with Gasteiger partial charge in [0.1, 0.15) is 5.69 Å². The Hall–Kier alpha value is -2.17. The molecule has 5 nitrogen and oxygen atoms in total. The van der Waals surface area contributed by atoms with Crippen molar-refractivity contribution in [3.05, 3.63) is 41.7 Å². The molecule has 0 aliphatic carbocycles. The number of anilines is 1. The topological polar surface area (TPSA) is 73.8 Å². The van der Waals surface area contributed by atoms with E-state index in [1.807, 2.05) is 19.1 Å². The highest BCUT2D eigenvalue weighted by Gasteiger charge is 2.13. The summed E-state index contributed by atoms with van der Waals surface area (Å²) in [5, 5.41) is 7.70. The zero-order valence-corrected chi connectivity index (χ0v) is 10.3. The van der Waals surface area contributed by atoms with E-state index >= 15 is 0 Å². The molecule has 2 rings (SSSR count). The van der Waals surface area contributed by atoms with Gasteiger partial charge in [-0.05, 0) is 24.1 Å². The number of hydrogen-bond donors (Lipinski definition) is 1. The maximum Gasteiger partial charge on any atom is 0.186 e. The predicted molar refractivity (Wildman–Crippen MR) is 69.2 cm³/mol. The number of aromatic nitrogens is 3. The fourth-order valence-corrected chi connectivity index (χ4v) is 1.76. The first-order valence-corrected chi connectivity index (χ1v) is 5.97. The van der Waals surface area contributed by atoms with Gasteiger partial charge in [0, 0.05) is 18.7 Å². The summed E-state index contributed by atoms with van der Waals surface area (Å²) in [6.07, 6.45) is 2.79. The van der Waals surface area contributed by atoms with Crippen molar-refractivity contribution < 1.29 is 4.79 Å². The van der Waals surface area contributed by atoms with Crippen LogP contribution in [0.1, 0.15) is 29.4 Å². The Morgan fingerprint density at radius 2 is 2.06 bits per heavy atom. The predicted octanol–water partition coefficient (Wildman–Crippen LogP) is 1.70. The molecular weight excluding hydrogens is 228 g/mol. The van der Waals surface area contributed by atoms with Crippen LogP contribution in [-0.4, -0.2) is 20.8 Å². The number of aryl methyl sites for hydroxylation is 1. The Kier molecular flexibility index (Phi) is 3.72. The van der Waals surface area contributed by atoms with E-state index in [0.717, 1.165) is 12.0 Å². The van der Waals surface area contributed by atoms with Gasteiger partial charge >= 0.3 is 0 Å². The van der Waals surface area contributed by atoms with Crippen molar-refractivity contribution in [3.8, 4) is 0 Å². The fraction of sp³-hybridized carbons (Fsp3) is 0.308. The van der Waals surface area contributed by atoms with Gasteiger partial charge < -0.3 is 5.73 Å². The number of nitrogens with zero attached hydrogens (tertiary/aromatic N) is 3. The minimum Gasteiger partial charge on any atom is -0.399 e. The van der Waals surface area contributed by atoms with Crippen LogP contribution in [-0.2, 0) is 13.0 Å². The zero-order chi connectivity index (χ0) is 13.0. The first-order valence-electron chi connectivity index (χ1n) is 5.97. The summed E-state index contributed by atoms with van der Waals surface area (Å²) < 4.78 is 1.65. The smallest absolute Gasteiger partial charge is 0.186 e. The molecule has 0 spiro atoms. The van der Waals surface area contributed by atoms with Crippen molar-refractivity contribution in [1.82, 2.24) is 15.0 Å². The van der Waals surface area contributed by atoms with E-state index in [0.29, 0.717) is 24.3 Å². The number of Topliss-reactive ketones (excluding diaryl/α,β-unsaturated/α-hetero) is 1. The summed E-state index contributed by atoms with van der Waals surface area (Å²) in [7, 11) is 0. The van der Waals surface area contributed by atoms with Gasteiger partial charge in [0.15, 0.2) is 5.78 Å². The minimum atomic E-state index is 0.0261. The second-order valence-corrected chi connectivity index (χ2v) is 4.18. The number of nitrogens with two attached hydrogens (primary N) is 1. The summed E-state index contributed by atoms with van der Waals surface area (Å²) in [5.74, 6) is 0.0261. The number of nitrogen functional groups attached to an aromatic ring is 1. The largest absolute Gasteiger partial charge is 0.399 e. The monoisotopic (exact) mass is 244 g/mol. The van der Waals surface area contributed by atoms with Crippen molar-refractivity contribution >= 4 is 11.5 Å². The van der Waals surface area contributed by atoms with E-state index in [9.17, 15) is 4.79 Å². The number of rotatable bonds is 5. The van der Waals surface area contributed by atoms with Crippen LogP contribution in [0.4, 0.5) is 5.69 Å². The molecule has 0 aliphatic rings. The quantitative estimate of drug-likeness (QED) is 0.641. The lowest BCUT2D eigenvalue weighted by Gasteiger charge is -2.04. The Bertz CT molecular complexity index is 530. The molecule has 0 radical (unpaired) electrons. The van der Waals surface area contributed by atoms with Crippen molar-refractivity contribution in [2.24, 2.45) is 0 Å². The van der Waals surface area contributed by atoms with E-state index in [-0.39, 0.29) is 5.78 Å². The van der Waals surface area contributed by atoms with Crippen LogP contribution < -0.4 is 5.73 Å². The van der Waals surface area contributed by atoms with Crippen molar-refractivity contribution in [1.29, 1.82) is 0 Å². The average Bonchev–Trinajstić information content (AvgIpc) is 2.81. The number of carbonyl (C=O) groups is 1. The van der Waals surface area contributed by atoms with Crippen molar-refractivity contribution in [2.75, 3.05) is 5.73 Å². The van der Waals surface area contributed by atoms with E-state index in [4.69, 9.17) is 5.73 Å². The third kappa shape index (κ3) is 2.74. The summed E-state index contributed by atoms with van der Waals surface area (Å²) in [4.78, 5) is 12.1. The number of benzene rings is 1. The summed E-state index contributed by atoms with van der Waals surface area (Å²) in [5.41, 5.74) is 7.81. The molecular formula is C13H16N4O. The first kappa shape index (κ1) is 12.3. The van der Waals surface area contributed by atoms with Crippen LogP contribution in [0, 0.1) is 0 Å². The highest BCUT2D eigenvalue weighted by molar-refractivity contribution is 5.95. The van der Waals surface area contributed by atoms with Gasteiger partial charge in [-0.25, -0.2) is 4.68 Å². The highest BCUT2D eigenvalue weighted by Crippen LogP contribution is 2.09. The van der Waals surface area contributed by atoms with Crippen LogP contribution >= 0.6 is 0 Å². The summed E-state index contributed by atoms with van der Waals surface area (Å²) in [6, 6.07) is 7.32. The third-order valence-electron chi connectivity index (χ3n) is 2.68. The molecule has 0 unspecified atom stereocenters. The normalized spacial score (nSPS) is 10.5. The molecule has 0 bridgehead atoms. The maximum atomic E-state index is 12.1. The second kappa shape index (κ2) is 5.44. The van der Waals surface area contributed by atoms with Crippen LogP contribution in [0.3, 0.4) is 0 Å². The molecule has 0 aliphatic heterocycles. The van der Waals surface area contributed by atoms with E-state index in [2.05, 4.69) is 10.3 Å². The molecule has 94 valence electrons. The molecule has 0 atom stereocenters. The molecule has 0 fully saturated rings. The van der Waals surface area contributed by atoms with E-state index in [1.54, 1.807) is 16.8 Å². The highest BCUT2D eigenvalue weighted by atomic mass is 16.1. The standard InChI is InChI=1S/C13H16N4O/c1-2-7-17-12(9-15-16-17)13(18)8-10-3-5-11(14)6-4-10/h3-6,9H,2,7-8,14H2,1H3. The lowest BCUT2D eigenvalue weighted by molar-refractivity contribution is 0.0982. The Morgan fingerprint density at radius 1 is 1.33 bits per heavy atom. The molecule has 1 aromatic heterocycles. The van der Waals surface area contributed by atoms with E-state index in [1.165, 1.54) is 6.20 Å². The SMILES string of the molecule is CCCn1nncc1C(=O)Cc1ccc(N)cc1. The van der Waals surface area contributed by atoms with Gasteiger partial charge in [0.05, 0.1) is 6.20 Å². The molecule has 5 heteroatoms. The second-order valence-electron chi connectivity index (χ2n) is 4.18. The van der Waals surface area contributed by atoms with Gasteiger partial charge in [-0.1, -0.05) is 24.3 Å². The minimum absolute atomic E-state index is 0.0261. The van der Waals surface area contributed by atoms with Crippen molar-refractivity contribution in [3.63, 3.8) is 0 Å². The molecule has 0 saturated carbocycles. The number of carbonyl (C=O) groups excluding carboxylic acids is 1. The average molecular weight is 244 g/mol. The van der Waals surface area contributed by atoms with Gasteiger partial charge in [-0.15, -0.1) is 5.10 Å². The Morgan fingerprint density at radius 3 is 2.72 bits per heavy atom. The molecule has 18 heavy (non-hydrogen) atoms. The number of ketones is 1. The zero-order valence-electron chi connectivity index (χ0n) is 10.3. The summed E-state index contributed by atoms with van der Waals surface area (Å²) in [6.45, 7) is 2.75. The van der Waals surface area contributed by atoms with E-state index < -0.39 is 0 Å². The third-order valence-corrected chi connectivity index (χ3v) is 2.68. The van der Waals surface area contributed by atoms with Gasteiger partial charge in [0.2, 0.25) is 0 Å². The van der Waals surface area contributed by atoms with Crippen LogP contribution in [0.2, 0.25) is 0 Å². The lowest BCUT2D eigenvalue weighted by atomic mass is 10.1. The van der Waals surface area contributed by atoms with Gasteiger partial charge in [-0.2, -0.15) is 0 Å². The first-order chi connectivity index (χ1) is 8.70. The van der Waals surface area contributed by atoms with Gasteiger partial charge in [0.25, 0.3) is 0 Å². The van der Waals surface area contributed by atoms with Crippen LogP contribution in [0.5, 0.6) is 0 Å². The molecule has 2 aromatic rings. The Labute approximate surface area is 106 Å². The molecule has 2 N–H and O–H groups in total. The Balaban J connectivity index is 2.11. The molecule has 0 saturated heterocycles. The van der Waals surface area contributed by atoms with Crippen LogP contribution in [0.15, 0.2) is 30.5 Å². The molecule has 1 aromatic carbocycles. The molecule has 0 amide bonds. The number of hydrogen-bond acceptors (Lipinski definition) is 4. The molecule has 1 heterocycles. The van der Waals surface area contributed by atoms with Crippen LogP contribution in [0.25, 0.3) is 0 Å². The van der Waals surface area contributed by atoms with Gasteiger partial charge in [-0.3, -0.25) is 4.79 Å².